The number of amides is 1. The Morgan fingerprint density at radius 3 is 2.24 bits per heavy atom. The van der Waals surface area contributed by atoms with Crippen molar-refractivity contribution in [1.29, 1.82) is 5.41 Å². The maximum absolute atomic E-state index is 12.1. The Balaban J connectivity index is 1.76. The molecule has 1 aromatic heterocycles. The predicted molar refractivity (Wildman–Crippen MR) is 133 cm³/mol. The van der Waals surface area contributed by atoms with E-state index in [1.54, 1.807) is 19.1 Å². The third-order valence-electron chi connectivity index (χ3n) is 4.97. The third kappa shape index (κ3) is 6.87. The maximum Gasteiger partial charge on any atom is 0.223 e. The van der Waals surface area contributed by atoms with E-state index in [0.29, 0.717) is 22.9 Å². The van der Waals surface area contributed by atoms with Gasteiger partial charge >= 0.3 is 0 Å². The number of aromatic nitrogens is 1. The summed E-state index contributed by atoms with van der Waals surface area (Å²) >= 11 is 1.43. The molecule has 1 amide bonds. The van der Waals surface area contributed by atoms with Crippen molar-refractivity contribution in [2.24, 2.45) is 5.73 Å². The van der Waals surface area contributed by atoms with Crippen LogP contribution in [-0.4, -0.2) is 31.0 Å². The van der Waals surface area contributed by atoms with Gasteiger partial charge < -0.3 is 16.4 Å². The van der Waals surface area contributed by atoms with Crippen molar-refractivity contribution in [3.8, 4) is 0 Å². The van der Waals surface area contributed by atoms with Crippen LogP contribution in [0.5, 0.6) is 0 Å². The summed E-state index contributed by atoms with van der Waals surface area (Å²) in [6.07, 6.45) is 2.04. The van der Waals surface area contributed by atoms with E-state index in [1.807, 2.05) is 36.4 Å². The van der Waals surface area contributed by atoms with E-state index < -0.39 is 9.84 Å². The summed E-state index contributed by atoms with van der Waals surface area (Å²) in [4.78, 5) is 17.5. The number of carbonyl (C=O) groups is 1. The lowest BCUT2D eigenvalue weighted by atomic mass is 10.0. The highest BCUT2D eigenvalue weighted by Crippen LogP contribution is 2.27. The number of rotatable bonds is 9. The molecular weight excluding hydrogens is 458 g/mol. The van der Waals surface area contributed by atoms with Crippen LogP contribution in [0.2, 0.25) is 0 Å². The fourth-order valence-electron chi connectivity index (χ4n) is 3.26. The number of carbonyl (C=O) groups excluding carboxylic acids is 1. The number of nitrogens with two attached hydrogens (primary N) is 1. The van der Waals surface area contributed by atoms with E-state index in [9.17, 15) is 13.2 Å². The Morgan fingerprint density at radius 1 is 1.03 bits per heavy atom. The quantitative estimate of drug-likeness (QED) is 0.270. The SMILES string of the molecule is CCS(=O)(=O)c1ccc(Cc2sc(NC(C)=O)nc2CCc2ccc(NC(=N)N)cc2)cc1. The second-order valence-electron chi connectivity index (χ2n) is 7.53. The minimum atomic E-state index is -3.23. The van der Waals surface area contributed by atoms with Crippen LogP contribution in [-0.2, 0) is 33.9 Å². The van der Waals surface area contributed by atoms with Crippen molar-refractivity contribution in [2.75, 3.05) is 16.4 Å². The zero-order valence-electron chi connectivity index (χ0n) is 18.5. The van der Waals surface area contributed by atoms with Gasteiger partial charge in [-0.05, 0) is 48.2 Å². The molecule has 5 N–H and O–H groups in total. The lowest BCUT2D eigenvalue weighted by molar-refractivity contribution is -0.114. The van der Waals surface area contributed by atoms with Gasteiger partial charge in [0.1, 0.15) is 0 Å². The van der Waals surface area contributed by atoms with Crippen LogP contribution in [0.4, 0.5) is 10.8 Å². The first-order chi connectivity index (χ1) is 15.7. The molecular formula is C23H27N5O3S2. The van der Waals surface area contributed by atoms with Crippen LogP contribution in [0.15, 0.2) is 53.4 Å². The number of thiazole rings is 1. The number of sulfone groups is 1. The minimum Gasteiger partial charge on any atom is -0.370 e. The van der Waals surface area contributed by atoms with Gasteiger partial charge in [0.05, 0.1) is 16.3 Å². The lowest BCUT2D eigenvalue weighted by Gasteiger charge is -2.07. The molecule has 8 nitrogen and oxygen atoms in total. The van der Waals surface area contributed by atoms with Crippen molar-refractivity contribution in [3.63, 3.8) is 0 Å². The maximum atomic E-state index is 12.1. The molecule has 0 atom stereocenters. The van der Waals surface area contributed by atoms with Gasteiger partial charge in [0.2, 0.25) is 5.91 Å². The van der Waals surface area contributed by atoms with Gasteiger partial charge in [-0.25, -0.2) is 13.4 Å². The average Bonchev–Trinajstić information content (AvgIpc) is 3.13. The van der Waals surface area contributed by atoms with Gasteiger partial charge in [-0.2, -0.15) is 0 Å². The minimum absolute atomic E-state index is 0.0667. The first-order valence-corrected chi connectivity index (χ1v) is 12.9. The molecule has 3 rings (SSSR count). The summed E-state index contributed by atoms with van der Waals surface area (Å²) < 4.78 is 24.1. The highest BCUT2D eigenvalue weighted by Gasteiger charge is 2.15. The number of nitrogens with zero attached hydrogens (tertiary/aromatic N) is 1. The first kappa shape index (κ1) is 24.4. The molecule has 0 saturated carbocycles. The molecule has 33 heavy (non-hydrogen) atoms. The topological polar surface area (TPSA) is 138 Å². The number of nitrogens with one attached hydrogen (secondary N) is 3. The van der Waals surface area contributed by atoms with Gasteiger partial charge in [-0.15, -0.1) is 11.3 Å². The summed E-state index contributed by atoms with van der Waals surface area (Å²) in [6.45, 7) is 3.08. The molecule has 0 fully saturated rings. The molecule has 10 heteroatoms. The monoisotopic (exact) mass is 485 g/mol. The Hall–Kier alpha value is -3.24. The van der Waals surface area contributed by atoms with Crippen LogP contribution in [0.1, 0.15) is 35.5 Å². The molecule has 3 aromatic rings. The molecule has 0 bridgehead atoms. The van der Waals surface area contributed by atoms with Crippen LogP contribution < -0.4 is 16.4 Å². The van der Waals surface area contributed by atoms with Crippen LogP contribution in [0, 0.1) is 5.41 Å². The number of anilines is 2. The van der Waals surface area contributed by atoms with Gasteiger partial charge in [0.15, 0.2) is 20.9 Å². The summed E-state index contributed by atoms with van der Waals surface area (Å²) in [7, 11) is -3.23. The van der Waals surface area contributed by atoms with Crippen LogP contribution >= 0.6 is 11.3 Å². The van der Waals surface area contributed by atoms with Crippen molar-refractivity contribution in [3.05, 3.63) is 70.2 Å². The molecule has 0 aliphatic heterocycles. The molecule has 0 radical (unpaired) electrons. The zero-order chi connectivity index (χ0) is 24.0. The average molecular weight is 486 g/mol. The molecule has 0 spiro atoms. The van der Waals surface area contributed by atoms with E-state index in [-0.39, 0.29) is 17.6 Å². The third-order valence-corrected chi connectivity index (χ3v) is 7.74. The van der Waals surface area contributed by atoms with Crippen molar-refractivity contribution < 1.29 is 13.2 Å². The first-order valence-electron chi connectivity index (χ1n) is 10.4. The van der Waals surface area contributed by atoms with Crippen molar-refractivity contribution >= 4 is 43.9 Å². The molecule has 2 aromatic carbocycles. The smallest absolute Gasteiger partial charge is 0.223 e. The Kier molecular flexibility index (Phi) is 7.83. The van der Waals surface area contributed by atoms with Gasteiger partial charge in [0, 0.05) is 23.9 Å². The van der Waals surface area contributed by atoms with E-state index in [1.165, 1.54) is 18.3 Å². The van der Waals surface area contributed by atoms with Gasteiger partial charge in [-0.1, -0.05) is 31.2 Å². The number of hydrogen-bond donors (Lipinski definition) is 4. The standard InChI is InChI=1S/C23H27N5O3S2/c1-3-33(30,31)19-11-6-17(7-12-19)14-21-20(28-23(32-21)26-15(2)29)13-8-16-4-9-18(10-5-16)27-22(24)25/h4-7,9-12H,3,8,13-14H2,1-2H3,(H4,24,25,27)(H,26,28,29). The zero-order valence-corrected chi connectivity index (χ0v) is 20.1. The second kappa shape index (κ2) is 10.6. The van der Waals surface area contributed by atoms with E-state index >= 15 is 0 Å². The molecule has 0 aliphatic rings. The molecule has 174 valence electrons. The number of aryl methyl sites for hydroxylation is 2. The predicted octanol–water partition coefficient (Wildman–Crippen LogP) is 3.58. The molecule has 0 saturated heterocycles. The highest BCUT2D eigenvalue weighted by molar-refractivity contribution is 7.91. The Labute approximate surface area is 197 Å². The fraction of sp³-hybridized carbons (Fsp3) is 0.261. The normalized spacial score (nSPS) is 11.2. The lowest BCUT2D eigenvalue weighted by Crippen LogP contribution is -2.20. The summed E-state index contributed by atoms with van der Waals surface area (Å²) in [6, 6.07) is 14.6. The number of hydrogen-bond acceptors (Lipinski definition) is 6. The van der Waals surface area contributed by atoms with Gasteiger partial charge in [0.25, 0.3) is 0 Å². The van der Waals surface area contributed by atoms with E-state index in [2.05, 4.69) is 15.6 Å². The van der Waals surface area contributed by atoms with Crippen LogP contribution in [0.25, 0.3) is 0 Å². The number of guanidine groups is 1. The Morgan fingerprint density at radius 2 is 1.67 bits per heavy atom. The molecule has 0 aliphatic carbocycles. The Bertz CT molecular complexity index is 1230. The molecule has 0 unspecified atom stereocenters. The fourth-order valence-corrected chi connectivity index (χ4v) is 5.23. The highest BCUT2D eigenvalue weighted by atomic mass is 32.2. The number of benzene rings is 2. The van der Waals surface area contributed by atoms with Crippen molar-refractivity contribution in [1.82, 2.24) is 4.98 Å². The largest absolute Gasteiger partial charge is 0.370 e. The van der Waals surface area contributed by atoms with E-state index in [4.69, 9.17) is 11.1 Å². The second-order valence-corrected chi connectivity index (χ2v) is 10.9. The van der Waals surface area contributed by atoms with Crippen molar-refractivity contribution in [2.45, 2.75) is 38.0 Å². The summed E-state index contributed by atoms with van der Waals surface area (Å²) in [5.41, 5.74) is 9.10. The van der Waals surface area contributed by atoms with Crippen LogP contribution in [0.3, 0.4) is 0 Å². The molecule has 1 heterocycles. The van der Waals surface area contributed by atoms with Gasteiger partial charge in [-0.3, -0.25) is 10.2 Å². The summed E-state index contributed by atoms with van der Waals surface area (Å²) in [5.74, 6) is -0.220. The van der Waals surface area contributed by atoms with E-state index in [0.717, 1.165) is 33.8 Å². The summed E-state index contributed by atoms with van der Waals surface area (Å²) in [5, 5.41) is 13.4.